The van der Waals surface area contributed by atoms with Gasteiger partial charge in [-0.1, -0.05) is 12.1 Å². The molecule has 0 aliphatic heterocycles. The molecule has 1 amide bonds. The van der Waals surface area contributed by atoms with Crippen LogP contribution >= 0.6 is 15.9 Å². The number of aromatic nitrogens is 2. The van der Waals surface area contributed by atoms with E-state index in [1.54, 1.807) is 0 Å². The highest BCUT2D eigenvalue weighted by atomic mass is 79.9. The van der Waals surface area contributed by atoms with E-state index in [9.17, 15) is 28.1 Å². The quantitative estimate of drug-likeness (QED) is 0.595. The summed E-state index contributed by atoms with van der Waals surface area (Å²) >= 11 is 3.02. The lowest BCUT2D eigenvalue weighted by molar-refractivity contribution is -0.390. The van der Waals surface area contributed by atoms with Gasteiger partial charge in [0, 0.05) is 0 Å². The Morgan fingerprint density at radius 2 is 2.00 bits per heavy atom. The van der Waals surface area contributed by atoms with Gasteiger partial charge in [0.1, 0.15) is 10.5 Å². The molecule has 134 valence electrons. The molecule has 1 heterocycles. The number of hydrogen-bond donors (Lipinski definition) is 1. The zero-order valence-corrected chi connectivity index (χ0v) is 14.6. The molecule has 11 heteroatoms. The molecule has 7 nitrogen and oxygen atoms in total. The molecule has 0 saturated carbocycles. The first-order valence-electron chi connectivity index (χ1n) is 6.90. The largest absolute Gasteiger partial charge is 0.418 e. The Kier molecular flexibility index (Phi) is 5.16. The minimum absolute atomic E-state index is 0.104. The molecule has 0 aliphatic rings. The minimum Gasteiger partial charge on any atom is -0.358 e. The maximum atomic E-state index is 13.0. The van der Waals surface area contributed by atoms with E-state index in [-0.39, 0.29) is 4.47 Å². The second kappa shape index (κ2) is 6.82. The van der Waals surface area contributed by atoms with Crippen LogP contribution in [0.4, 0.5) is 24.7 Å². The molecule has 0 radical (unpaired) electrons. The summed E-state index contributed by atoms with van der Waals surface area (Å²) in [6.45, 7) is 2.87. The first kappa shape index (κ1) is 18.9. The molecule has 0 unspecified atom stereocenters. The van der Waals surface area contributed by atoms with Gasteiger partial charge in [-0.25, -0.2) is 0 Å². The van der Waals surface area contributed by atoms with Crippen LogP contribution in [0, 0.1) is 17.0 Å². The Hall–Kier alpha value is -2.43. The summed E-state index contributed by atoms with van der Waals surface area (Å²) < 4.78 is 40.1. The van der Waals surface area contributed by atoms with Crippen LogP contribution in [0.1, 0.15) is 24.2 Å². The van der Waals surface area contributed by atoms with Crippen molar-refractivity contribution >= 4 is 33.3 Å². The van der Waals surface area contributed by atoms with Crippen molar-refractivity contribution in [3.63, 3.8) is 0 Å². The SMILES string of the molecule is Cc1c(Br)c([N+](=O)[O-])nn1[C@H](C)C(=O)Nc1ccccc1C(F)(F)F. The number of carbonyl (C=O) groups excluding carboxylic acids is 1. The highest BCUT2D eigenvalue weighted by Gasteiger charge is 2.35. The van der Waals surface area contributed by atoms with Crippen LogP contribution in [0.3, 0.4) is 0 Å². The maximum absolute atomic E-state index is 13.0. The average molecular weight is 421 g/mol. The van der Waals surface area contributed by atoms with Crippen molar-refractivity contribution in [2.45, 2.75) is 26.1 Å². The fraction of sp³-hybridized carbons (Fsp3) is 0.286. The molecule has 2 rings (SSSR count). The standard InChI is InChI=1S/C14H12BrF3N4O3/c1-7-11(15)12(22(24)25)20-21(7)8(2)13(23)19-10-6-4-3-5-9(10)14(16,17)18/h3-6,8H,1-2H3,(H,19,23)/t8-/m1/s1. The van der Waals surface area contributed by atoms with Crippen LogP contribution < -0.4 is 5.32 Å². The van der Waals surface area contributed by atoms with Gasteiger partial charge in [0.25, 0.3) is 5.91 Å². The highest BCUT2D eigenvalue weighted by molar-refractivity contribution is 9.10. The summed E-state index contributed by atoms with van der Waals surface area (Å²) in [4.78, 5) is 22.5. The van der Waals surface area contributed by atoms with Crippen molar-refractivity contribution in [2.75, 3.05) is 5.32 Å². The Labute approximate surface area is 148 Å². The lowest BCUT2D eigenvalue weighted by Crippen LogP contribution is -2.26. The highest BCUT2D eigenvalue weighted by Crippen LogP contribution is 2.35. The number of nitro groups is 1. The smallest absolute Gasteiger partial charge is 0.358 e. The van der Waals surface area contributed by atoms with Gasteiger partial charge in [-0.05, 0) is 46.8 Å². The van der Waals surface area contributed by atoms with Crippen molar-refractivity contribution in [1.82, 2.24) is 9.78 Å². The number of carbonyl (C=O) groups is 1. The average Bonchev–Trinajstić information content (AvgIpc) is 2.82. The van der Waals surface area contributed by atoms with Crippen molar-refractivity contribution < 1.29 is 22.9 Å². The van der Waals surface area contributed by atoms with E-state index >= 15 is 0 Å². The van der Waals surface area contributed by atoms with Gasteiger partial charge in [0.15, 0.2) is 0 Å². The van der Waals surface area contributed by atoms with E-state index in [1.165, 1.54) is 26.0 Å². The number of alkyl halides is 3. The molecule has 0 saturated heterocycles. The van der Waals surface area contributed by atoms with E-state index in [0.29, 0.717) is 5.69 Å². The summed E-state index contributed by atoms with van der Waals surface area (Å²) in [5, 5.41) is 16.8. The van der Waals surface area contributed by atoms with Gasteiger partial charge in [0.2, 0.25) is 0 Å². The Bertz CT molecular complexity index is 835. The number of anilines is 1. The normalized spacial score (nSPS) is 12.7. The Morgan fingerprint density at radius 1 is 1.40 bits per heavy atom. The monoisotopic (exact) mass is 420 g/mol. The van der Waals surface area contributed by atoms with Gasteiger partial charge in [-0.15, -0.1) is 0 Å². The molecule has 2 aromatic rings. The number of hydrogen-bond acceptors (Lipinski definition) is 4. The predicted octanol–water partition coefficient (Wildman–Crippen LogP) is 4.08. The molecule has 0 spiro atoms. The zero-order valence-electron chi connectivity index (χ0n) is 13.0. The molecule has 25 heavy (non-hydrogen) atoms. The molecule has 1 aromatic heterocycles. The summed E-state index contributed by atoms with van der Waals surface area (Å²) in [7, 11) is 0. The second-order valence-electron chi connectivity index (χ2n) is 5.13. The van der Waals surface area contributed by atoms with Crippen molar-refractivity contribution in [3.8, 4) is 0 Å². The number of benzene rings is 1. The number of nitrogens with one attached hydrogen (secondary N) is 1. The number of nitrogens with zero attached hydrogens (tertiary/aromatic N) is 3. The fourth-order valence-corrected chi connectivity index (χ4v) is 2.57. The molecular formula is C14H12BrF3N4O3. The molecule has 0 aliphatic carbocycles. The van der Waals surface area contributed by atoms with Crippen LogP contribution in [0.25, 0.3) is 0 Å². The lowest BCUT2D eigenvalue weighted by Gasteiger charge is -2.16. The van der Waals surface area contributed by atoms with Gasteiger partial charge < -0.3 is 15.4 Å². The predicted molar refractivity (Wildman–Crippen MR) is 86.1 cm³/mol. The molecule has 1 aromatic carbocycles. The van der Waals surface area contributed by atoms with Crippen molar-refractivity contribution in [1.29, 1.82) is 0 Å². The summed E-state index contributed by atoms with van der Waals surface area (Å²) in [6.07, 6.45) is -4.63. The second-order valence-corrected chi connectivity index (χ2v) is 5.93. The van der Waals surface area contributed by atoms with Crippen LogP contribution in [0.5, 0.6) is 0 Å². The van der Waals surface area contributed by atoms with E-state index < -0.39 is 40.1 Å². The van der Waals surface area contributed by atoms with Crippen LogP contribution in [-0.2, 0) is 11.0 Å². The molecule has 1 N–H and O–H groups in total. The fourth-order valence-electron chi connectivity index (χ4n) is 2.16. The van der Waals surface area contributed by atoms with E-state index in [2.05, 4.69) is 26.3 Å². The number of halogens is 4. The molecule has 0 bridgehead atoms. The summed E-state index contributed by atoms with van der Waals surface area (Å²) in [5.41, 5.74) is -1.08. The summed E-state index contributed by atoms with van der Waals surface area (Å²) in [6, 6.07) is 3.48. The van der Waals surface area contributed by atoms with Gasteiger partial charge in [0.05, 0.1) is 22.0 Å². The van der Waals surface area contributed by atoms with Crippen LogP contribution in [0.2, 0.25) is 0 Å². The third-order valence-electron chi connectivity index (χ3n) is 3.47. The molecule has 0 fully saturated rings. The zero-order chi connectivity index (χ0) is 18.9. The minimum atomic E-state index is -4.63. The van der Waals surface area contributed by atoms with E-state index in [0.717, 1.165) is 16.8 Å². The third-order valence-corrected chi connectivity index (χ3v) is 4.40. The lowest BCUT2D eigenvalue weighted by atomic mass is 10.1. The van der Waals surface area contributed by atoms with Crippen LogP contribution in [0.15, 0.2) is 28.7 Å². The Morgan fingerprint density at radius 3 is 2.52 bits per heavy atom. The van der Waals surface area contributed by atoms with Gasteiger partial charge in [-0.2, -0.15) is 17.9 Å². The van der Waals surface area contributed by atoms with Crippen molar-refractivity contribution in [2.24, 2.45) is 0 Å². The number of para-hydroxylation sites is 1. The maximum Gasteiger partial charge on any atom is 0.418 e. The molecular weight excluding hydrogens is 409 g/mol. The van der Waals surface area contributed by atoms with Crippen LogP contribution in [-0.4, -0.2) is 20.6 Å². The Balaban J connectivity index is 2.31. The topological polar surface area (TPSA) is 90.1 Å². The van der Waals surface area contributed by atoms with Gasteiger partial charge in [-0.3, -0.25) is 4.79 Å². The van der Waals surface area contributed by atoms with E-state index in [4.69, 9.17) is 0 Å². The number of amides is 1. The van der Waals surface area contributed by atoms with Gasteiger partial charge >= 0.3 is 12.0 Å². The van der Waals surface area contributed by atoms with Crippen molar-refractivity contribution in [3.05, 3.63) is 50.1 Å². The van der Waals surface area contributed by atoms with E-state index in [1.807, 2.05) is 0 Å². The third kappa shape index (κ3) is 3.81. The molecule has 1 atom stereocenters. The number of rotatable bonds is 4. The first-order valence-corrected chi connectivity index (χ1v) is 7.69. The first-order chi connectivity index (χ1) is 11.5. The summed E-state index contributed by atoms with van der Waals surface area (Å²) in [5.74, 6) is -1.27.